The van der Waals surface area contributed by atoms with Crippen molar-refractivity contribution in [3.8, 4) is 0 Å². The van der Waals surface area contributed by atoms with Crippen LogP contribution in [0.2, 0.25) is 0 Å². The third-order valence-corrected chi connectivity index (χ3v) is 3.31. The second kappa shape index (κ2) is 3.08. The van der Waals surface area contributed by atoms with Crippen LogP contribution >= 0.6 is 30.3 Å². The molecule has 8 heavy (non-hydrogen) atoms. The lowest BCUT2D eigenvalue weighted by Crippen LogP contribution is -2.07. The number of halogens is 1. The van der Waals surface area contributed by atoms with Gasteiger partial charge in [0.2, 0.25) is 0 Å². The number of rotatable bonds is 1. The summed E-state index contributed by atoms with van der Waals surface area (Å²) in [5.41, 5.74) is 1.49. The summed E-state index contributed by atoms with van der Waals surface area (Å²) in [6, 6.07) is 0. The van der Waals surface area contributed by atoms with Crippen LogP contribution in [0, 0.1) is 0 Å². The van der Waals surface area contributed by atoms with Crippen molar-refractivity contribution in [3.63, 3.8) is 0 Å². The highest BCUT2D eigenvalue weighted by Gasteiger charge is 2.08. The second-order valence-electron chi connectivity index (χ2n) is 1.94. The highest BCUT2D eigenvalue weighted by Crippen LogP contribution is 2.23. The molecule has 0 aliphatic carbocycles. The molecule has 3 heteroatoms. The quantitative estimate of drug-likeness (QED) is 0.393. The van der Waals surface area contributed by atoms with Gasteiger partial charge >= 0.3 is 0 Å². The zero-order chi connectivity index (χ0) is 5.98. The molecule has 0 aromatic heterocycles. The summed E-state index contributed by atoms with van der Waals surface area (Å²) in [5.74, 6) is 0. The van der Waals surface area contributed by atoms with Crippen LogP contribution < -0.4 is 0 Å². The largest absolute Gasteiger partial charge is 0.234 e. The molecule has 1 rings (SSSR count). The zero-order valence-corrected chi connectivity index (χ0v) is 7.70. The fraction of sp³-hybridized carbons (Fsp3) is 0.600. The summed E-state index contributed by atoms with van der Waals surface area (Å²) in [6.45, 7) is 4.44. The van der Waals surface area contributed by atoms with Crippen LogP contribution in [0.3, 0.4) is 0 Å². The summed E-state index contributed by atoms with van der Waals surface area (Å²) >= 11 is 2.31. The Hall–Kier alpha value is 0.780. The number of hydrogen-bond acceptors (Lipinski definition) is 2. The Morgan fingerprint density at radius 2 is 2.62 bits per heavy atom. The summed E-state index contributed by atoms with van der Waals surface area (Å²) in [4.78, 5) is 0. The van der Waals surface area contributed by atoms with Gasteiger partial charge in [-0.1, -0.05) is 11.6 Å². The monoisotopic (exact) mass is 241 g/mol. The summed E-state index contributed by atoms with van der Waals surface area (Å²) in [5, 5.41) is 0. The van der Waals surface area contributed by atoms with E-state index in [4.69, 9.17) is 0 Å². The molecule has 0 fully saturated rings. The summed E-state index contributed by atoms with van der Waals surface area (Å²) in [6.07, 6.45) is 2.27. The molecule has 0 spiro atoms. The highest BCUT2D eigenvalue weighted by atomic mass is 127. The molecule has 0 saturated carbocycles. The van der Waals surface area contributed by atoms with Gasteiger partial charge in [-0.05, 0) is 16.0 Å². The van der Waals surface area contributed by atoms with Crippen molar-refractivity contribution in [2.75, 3.05) is 13.1 Å². The van der Waals surface area contributed by atoms with E-state index in [1.807, 2.05) is 0 Å². The van der Waals surface area contributed by atoms with Crippen LogP contribution in [0.15, 0.2) is 11.6 Å². The molecule has 0 bridgehead atoms. The average Bonchev–Trinajstić information content (AvgIpc) is 2.14. The van der Waals surface area contributed by atoms with Crippen LogP contribution in [-0.2, 0) is 0 Å². The van der Waals surface area contributed by atoms with Gasteiger partial charge in [0.05, 0.1) is 0 Å². The van der Waals surface area contributed by atoms with Crippen LogP contribution in [0.4, 0.5) is 0 Å². The van der Waals surface area contributed by atoms with E-state index in [1.165, 1.54) is 5.57 Å². The highest BCUT2D eigenvalue weighted by molar-refractivity contribution is 14.2. The molecule has 0 unspecified atom stereocenters. The Bertz CT molecular complexity index is 113. The lowest BCUT2D eigenvalue weighted by atomic mass is 10.3. The van der Waals surface area contributed by atoms with E-state index in [2.05, 4.69) is 38.5 Å². The standard InChI is InChI=1S/C5H8INS/c1-5-2-3-7(4-5)8-6/h2H,3-4H2,1H3. The minimum Gasteiger partial charge on any atom is -0.234 e. The molecular formula is C5H8INS. The first-order valence-electron chi connectivity index (χ1n) is 2.52. The fourth-order valence-corrected chi connectivity index (χ4v) is 2.00. The molecule has 46 valence electrons. The molecule has 0 atom stereocenters. The van der Waals surface area contributed by atoms with Crippen molar-refractivity contribution < 1.29 is 0 Å². The maximum Gasteiger partial charge on any atom is 0.0308 e. The zero-order valence-electron chi connectivity index (χ0n) is 4.72. The van der Waals surface area contributed by atoms with E-state index in [9.17, 15) is 0 Å². The van der Waals surface area contributed by atoms with Crippen molar-refractivity contribution in [1.29, 1.82) is 0 Å². The van der Waals surface area contributed by atoms with Crippen LogP contribution in [0.25, 0.3) is 0 Å². The van der Waals surface area contributed by atoms with E-state index in [-0.39, 0.29) is 0 Å². The first-order valence-corrected chi connectivity index (χ1v) is 5.84. The number of nitrogens with zero attached hydrogens (tertiary/aromatic N) is 1. The fourth-order valence-electron chi connectivity index (χ4n) is 0.717. The third kappa shape index (κ3) is 1.63. The Labute approximate surface area is 66.2 Å². The van der Waals surface area contributed by atoms with E-state index in [1.54, 1.807) is 9.12 Å². The van der Waals surface area contributed by atoms with Gasteiger partial charge in [0.25, 0.3) is 0 Å². The first-order chi connectivity index (χ1) is 3.83. The maximum absolute atomic E-state index is 2.32. The Balaban J connectivity index is 2.32. The lowest BCUT2D eigenvalue weighted by molar-refractivity contribution is 0.609. The van der Waals surface area contributed by atoms with Gasteiger partial charge < -0.3 is 0 Å². The summed E-state index contributed by atoms with van der Waals surface area (Å²) in [7, 11) is 1.79. The molecule has 1 aliphatic rings. The molecule has 0 saturated heterocycles. The minimum absolute atomic E-state index is 1.12. The van der Waals surface area contributed by atoms with E-state index in [0.717, 1.165) is 13.1 Å². The second-order valence-corrected chi connectivity index (χ2v) is 3.78. The van der Waals surface area contributed by atoms with Crippen molar-refractivity contribution in [2.45, 2.75) is 6.92 Å². The predicted octanol–water partition coefficient (Wildman–Crippen LogP) is 2.25. The minimum atomic E-state index is 1.12. The normalized spacial score (nSPS) is 21.5. The molecule has 1 heterocycles. The molecular weight excluding hydrogens is 233 g/mol. The van der Waals surface area contributed by atoms with Crippen molar-refractivity contribution in [3.05, 3.63) is 11.6 Å². The lowest BCUT2D eigenvalue weighted by Gasteiger charge is -2.06. The topological polar surface area (TPSA) is 3.24 Å². The van der Waals surface area contributed by atoms with Crippen molar-refractivity contribution in [2.24, 2.45) is 0 Å². The van der Waals surface area contributed by atoms with Gasteiger partial charge in [-0.3, -0.25) is 0 Å². The number of hydrogen-bond donors (Lipinski definition) is 0. The Kier molecular flexibility index (Phi) is 2.65. The van der Waals surface area contributed by atoms with Crippen molar-refractivity contribution >= 4 is 30.3 Å². The Morgan fingerprint density at radius 1 is 1.88 bits per heavy atom. The van der Waals surface area contributed by atoms with Gasteiger partial charge in [0.15, 0.2) is 0 Å². The van der Waals surface area contributed by atoms with Gasteiger partial charge in [-0.25, -0.2) is 4.31 Å². The average molecular weight is 241 g/mol. The predicted molar refractivity (Wildman–Crippen MR) is 46.9 cm³/mol. The third-order valence-electron chi connectivity index (χ3n) is 1.17. The molecule has 0 aromatic carbocycles. The van der Waals surface area contributed by atoms with E-state index in [0.29, 0.717) is 0 Å². The molecule has 1 nitrogen and oxygen atoms in total. The van der Waals surface area contributed by atoms with Crippen LogP contribution in [0.5, 0.6) is 0 Å². The van der Waals surface area contributed by atoms with Crippen molar-refractivity contribution in [1.82, 2.24) is 4.31 Å². The van der Waals surface area contributed by atoms with Gasteiger partial charge in [-0.2, -0.15) is 0 Å². The van der Waals surface area contributed by atoms with Gasteiger partial charge in [0.1, 0.15) is 0 Å². The molecule has 0 N–H and O–H groups in total. The first kappa shape index (κ1) is 6.89. The Morgan fingerprint density at radius 3 is 2.88 bits per heavy atom. The van der Waals surface area contributed by atoms with E-state index < -0.39 is 0 Å². The summed E-state index contributed by atoms with van der Waals surface area (Å²) < 4.78 is 2.32. The van der Waals surface area contributed by atoms with Gasteiger partial charge in [0, 0.05) is 34.3 Å². The molecule has 0 amide bonds. The maximum atomic E-state index is 2.32. The SMILES string of the molecule is CC1=CCN(SI)C1. The van der Waals surface area contributed by atoms with Crippen LogP contribution in [0.1, 0.15) is 6.92 Å². The molecule has 0 radical (unpaired) electrons. The molecule has 0 aromatic rings. The van der Waals surface area contributed by atoms with Gasteiger partial charge in [-0.15, -0.1) is 0 Å². The molecule has 1 aliphatic heterocycles. The van der Waals surface area contributed by atoms with Crippen LogP contribution in [-0.4, -0.2) is 17.4 Å². The van der Waals surface area contributed by atoms with E-state index >= 15 is 0 Å². The smallest absolute Gasteiger partial charge is 0.0308 e.